The van der Waals surface area contributed by atoms with Gasteiger partial charge in [0, 0.05) is 5.56 Å². The Kier molecular flexibility index (Phi) is 4.14. The van der Waals surface area contributed by atoms with E-state index in [9.17, 15) is 15.2 Å². The lowest BCUT2D eigenvalue weighted by Gasteiger charge is -2.17. The van der Waals surface area contributed by atoms with Crippen molar-refractivity contribution >= 4 is 5.91 Å². The highest BCUT2D eigenvalue weighted by Crippen LogP contribution is 2.47. The lowest BCUT2D eigenvalue weighted by atomic mass is 9.96. The molecule has 3 rings (SSSR count). The fourth-order valence-corrected chi connectivity index (χ4v) is 2.69. The average Bonchev–Trinajstić information content (AvgIpc) is 3.41. The Balaban J connectivity index is 1.72. The standard InChI is InChI=1S/C19H18N2O2/c20-13-19(10-11-19)16-8-6-15(7-9-16)18(23)21-17(12-22)14-4-2-1-3-5-14/h1-9,17,22H,10-12H2,(H,21,23)/t17-/m1/s1. The van der Waals surface area contributed by atoms with Crippen LogP contribution in [0.2, 0.25) is 0 Å². The van der Waals surface area contributed by atoms with Gasteiger partial charge in [-0.2, -0.15) is 5.26 Å². The second kappa shape index (κ2) is 6.23. The lowest BCUT2D eigenvalue weighted by Crippen LogP contribution is -2.30. The molecule has 4 heteroatoms. The van der Waals surface area contributed by atoms with Gasteiger partial charge in [-0.3, -0.25) is 4.79 Å². The molecular weight excluding hydrogens is 288 g/mol. The number of amides is 1. The van der Waals surface area contributed by atoms with Gasteiger partial charge in [0.15, 0.2) is 0 Å². The number of carbonyl (C=O) groups excluding carboxylic acids is 1. The molecule has 2 aromatic carbocycles. The summed E-state index contributed by atoms with van der Waals surface area (Å²) in [6.45, 7) is -0.161. The minimum atomic E-state index is -0.433. The van der Waals surface area contributed by atoms with E-state index in [1.54, 1.807) is 12.1 Å². The van der Waals surface area contributed by atoms with E-state index in [4.69, 9.17) is 0 Å². The number of hydrogen-bond acceptors (Lipinski definition) is 3. The lowest BCUT2D eigenvalue weighted by molar-refractivity contribution is 0.0916. The fourth-order valence-electron chi connectivity index (χ4n) is 2.69. The zero-order valence-electron chi connectivity index (χ0n) is 12.7. The van der Waals surface area contributed by atoms with Crippen LogP contribution in [0.1, 0.15) is 40.4 Å². The summed E-state index contributed by atoms with van der Waals surface area (Å²) >= 11 is 0. The van der Waals surface area contributed by atoms with Crippen LogP contribution in [0.5, 0.6) is 0 Å². The Labute approximate surface area is 135 Å². The summed E-state index contributed by atoms with van der Waals surface area (Å²) in [6, 6.07) is 18.5. The van der Waals surface area contributed by atoms with Crippen LogP contribution in [0.15, 0.2) is 54.6 Å². The van der Waals surface area contributed by atoms with Crippen molar-refractivity contribution in [1.29, 1.82) is 5.26 Å². The number of hydrogen-bond donors (Lipinski definition) is 2. The zero-order chi connectivity index (χ0) is 16.3. The van der Waals surface area contributed by atoms with Crippen molar-refractivity contribution in [3.05, 3.63) is 71.3 Å². The van der Waals surface area contributed by atoms with Gasteiger partial charge >= 0.3 is 0 Å². The van der Waals surface area contributed by atoms with Crippen molar-refractivity contribution in [3.63, 3.8) is 0 Å². The van der Waals surface area contributed by atoms with Crippen LogP contribution in [-0.4, -0.2) is 17.6 Å². The molecule has 23 heavy (non-hydrogen) atoms. The van der Waals surface area contributed by atoms with Gasteiger partial charge in [0.2, 0.25) is 0 Å². The van der Waals surface area contributed by atoms with E-state index in [-0.39, 0.29) is 17.9 Å². The third kappa shape index (κ3) is 3.10. The molecule has 0 unspecified atom stereocenters. The molecule has 1 aliphatic carbocycles. The van der Waals surface area contributed by atoms with Crippen LogP contribution >= 0.6 is 0 Å². The highest BCUT2D eigenvalue weighted by molar-refractivity contribution is 5.94. The van der Waals surface area contributed by atoms with Crippen molar-refractivity contribution in [2.45, 2.75) is 24.3 Å². The predicted molar refractivity (Wildman–Crippen MR) is 86.7 cm³/mol. The maximum absolute atomic E-state index is 12.3. The molecule has 1 fully saturated rings. The third-order valence-electron chi connectivity index (χ3n) is 4.35. The smallest absolute Gasteiger partial charge is 0.251 e. The molecule has 0 bridgehead atoms. The Morgan fingerprint density at radius 3 is 2.35 bits per heavy atom. The van der Waals surface area contributed by atoms with Gasteiger partial charge in [-0.15, -0.1) is 0 Å². The number of benzene rings is 2. The highest BCUT2D eigenvalue weighted by Gasteiger charge is 2.44. The maximum Gasteiger partial charge on any atom is 0.251 e. The molecule has 1 amide bonds. The third-order valence-corrected chi connectivity index (χ3v) is 4.35. The molecule has 0 aromatic heterocycles. The molecule has 0 heterocycles. The van der Waals surface area contributed by atoms with Gasteiger partial charge in [0.05, 0.1) is 24.1 Å². The Bertz CT molecular complexity index is 728. The molecule has 4 nitrogen and oxygen atoms in total. The van der Waals surface area contributed by atoms with Crippen LogP contribution in [0, 0.1) is 11.3 Å². The molecule has 1 saturated carbocycles. The summed E-state index contributed by atoms with van der Waals surface area (Å²) in [5, 5.41) is 21.6. The SMILES string of the molecule is N#CC1(c2ccc(C(=O)N[C@H](CO)c3ccccc3)cc2)CC1. The van der Waals surface area contributed by atoms with Crippen molar-refractivity contribution in [1.82, 2.24) is 5.32 Å². The first kappa shape index (κ1) is 15.3. The first-order valence-electron chi connectivity index (χ1n) is 7.67. The van der Waals surface area contributed by atoms with E-state index in [2.05, 4.69) is 11.4 Å². The molecule has 0 aliphatic heterocycles. The molecule has 1 aliphatic rings. The van der Waals surface area contributed by atoms with Gasteiger partial charge < -0.3 is 10.4 Å². The van der Waals surface area contributed by atoms with Crippen molar-refractivity contribution < 1.29 is 9.90 Å². The van der Waals surface area contributed by atoms with Crippen LogP contribution in [0.3, 0.4) is 0 Å². The number of nitrogens with one attached hydrogen (secondary N) is 1. The minimum absolute atomic E-state index is 0.161. The highest BCUT2D eigenvalue weighted by atomic mass is 16.3. The number of nitrogens with zero attached hydrogens (tertiary/aromatic N) is 1. The van der Waals surface area contributed by atoms with Gasteiger partial charge in [0.25, 0.3) is 5.91 Å². The van der Waals surface area contributed by atoms with Crippen LogP contribution < -0.4 is 5.32 Å². The fraction of sp³-hybridized carbons (Fsp3) is 0.263. The second-order valence-corrected chi connectivity index (χ2v) is 5.89. The molecule has 1 atom stereocenters. The van der Waals surface area contributed by atoms with Gasteiger partial charge in [-0.05, 0) is 36.1 Å². The summed E-state index contributed by atoms with van der Waals surface area (Å²) in [4.78, 5) is 12.3. The molecule has 0 saturated heterocycles. The largest absolute Gasteiger partial charge is 0.394 e. The Morgan fingerprint density at radius 1 is 1.17 bits per heavy atom. The molecular formula is C19H18N2O2. The number of nitriles is 1. The molecule has 2 aromatic rings. The minimum Gasteiger partial charge on any atom is -0.394 e. The molecule has 116 valence electrons. The Hall–Kier alpha value is -2.64. The summed E-state index contributed by atoms with van der Waals surface area (Å²) in [7, 11) is 0. The number of rotatable bonds is 5. The second-order valence-electron chi connectivity index (χ2n) is 5.89. The summed E-state index contributed by atoms with van der Waals surface area (Å²) < 4.78 is 0. The number of aliphatic hydroxyl groups excluding tert-OH is 1. The van der Waals surface area contributed by atoms with E-state index in [0.717, 1.165) is 24.0 Å². The van der Waals surface area contributed by atoms with E-state index in [0.29, 0.717) is 5.56 Å². The first-order chi connectivity index (χ1) is 11.2. The van der Waals surface area contributed by atoms with E-state index in [1.165, 1.54) is 0 Å². The number of aliphatic hydroxyl groups is 1. The summed E-state index contributed by atoms with van der Waals surface area (Å²) in [5.41, 5.74) is 2.02. The van der Waals surface area contributed by atoms with E-state index >= 15 is 0 Å². The predicted octanol–water partition coefficient (Wildman–Crippen LogP) is 2.71. The molecule has 0 radical (unpaired) electrons. The molecule has 2 N–H and O–H groups in total. The van der Waals surface area contributed by atoms with Gasteiger partial charge in [-0.25, -0.2) is 0 Å². The topological polar surface area (TPSA) is 73.1 Å². The van der Waals surface area contributed by atoms with Gasteiger partial charge in [-0.1, -0.05) is 42.5 Å². The quantitative estimate of drug-likeness (QED) is 0.892. The van der Waals surface area contributed by atoms with Crippen molar-refractivity contribution in [2.24, 2.45) is 0 Å². The van der Waals surface area contributed by atoms with Crippen molar-refractivity contribution in [2.75, 3.05) is 6.61 Å². The normalized spacial score (nSPS) is 16.2. The van der Waals surface area contributed by atoms with Crippen LogP contribution in [0.25, 0.3) is 0 Å². The zero-order valence-corrected chi connectivity index (χ0v) is 12.7. The van der Waals surface area contributed by atoms with Crippen LogP contribution in [-0.2, 0) is 5.41 Å². The van der Waals surface area contributed by atoms with E-state index < -0.39 is 6.04 Å². The maximum atomic E-state index is 12.3. The average molecular weight is 306 g/mol. The number of carbonyl (C=O) groups is 1. The molecule has 0 spiro atoms. The Morgan fingerprint density at radius 2 is 1.83 bits per heavy atom. The first-order valence-corrected chi connectivity index (χ1v) is 7.67. The summed E-state index contributed by atoms with van der Waals surface area (Å²) in [6.07, 6.45) is 1.77. The van der Waals surface area contributed by atoms with Gasteiger partial charge in [0.1, 0.15) is 0 Å². The monoisotopic (exact) mass is 306 g/mol. The van der Waals surface area contributed by atoms with Crippen LogP contribution in [0.4, 0.5) is 0 Å². The summed E-state index contributed by atoms with van der Waals surface area (Å²) in [5.74, 6) is -0.235. The van der Waals surface area contributed by atoms with Crippen molar-refractivity contribution in [3.8, 4) is 6.07 Å². The van der Waals surface area contributed by atoms with E-state index in [1.807, 2.05) is 42.5 Å².